The summed E-state index contributed by atoms with van der Waals surface area (Å²) >= 11 is 0. The van der Waals surface area contributed by atoms with Crippen LogP contribution in [0.15, 0.2) is 4.52 Å². The highest BCUT2D eigenvalue weighted by molar-refractivity contribution is 5.03. The van der Waals surface area contributed by atoms with Gasteiger partial charge in [0.15, 0.2) is 5.82 Å². The van der Waals surface area contributed by atoms with Crippen LogP contribution in [0.3, 0.4) is 0 Å². The van der Waals surface area contributed by atoms with Crippen LogP contribution in [0.4, 0.5) is 0 Å². The fraction of sp³-hybridized carbons (Fsp3) is 0.857. The maximum atomic E-state index is 9.97. The largest absolute Gasteiger partial charge is 0.392 e. The highest BCUT2D eigenvalue weighted by atomic mass is 16.5. The maximum absolute atomic E-state index is 9.97. The molecule has 1 aromatic rings. The number of nitrogens with zero attached hydrogens (tertiary/aromatic N) is 2. The first-order valence-electron chi connectivity index (χ1n) is 7.33. The van der Waals surface area contributed by atoms with Gasteiger partial charge < -0.3 is 14.4 Å². The Morgan fingerprint density at radius 2 is 1.95 bits per heavy atom. The van der Waals surface area contributed by atoms with Crippen molar-refractivity contribution in [1.82, 2.24) is 10.1 Å². The van der Waals surface area contributed by atoms with Gasteiger partial charge in [-0.15, -0.1) is 0 Å². The molecule has 1 saturated heterocycles. The van der Waals surface area contributed by atoms with Crippen LogP contribution in [-0.2, 0) is 4.74 Å². The van der Waals surface area contributed by atoms with Crippen molar-refractivity contribution in [3.05, 3.63) is 11.7 Å². The van der Waals surface area contributed by atoms with Crippen LogP contribution in [0.2, 0.25) is 0 Å². The molecule has 5 heteroatoms. The van der Waals surface area contributed by atoms with Crippen LogP contribution in [0.25, 0.3) is 0 Å². The van der Waals surface area contributed by atoms with Gasteiger partial charge in [0, 0.05) is 12.5 Å². The Bertz CT molecular complexity index is 413. The van der Waals surface area contributed by atoms with Crippen molar-refractivity contribution in [2.45, 2.75) is 57.0 Å². The first kappa shape index (κ1) is 13.1. The summed E-state index contributed by atoms with van der Waals surface area (Å²) in [4.78, 5) is 4.52. The van der Waals surface area contributed by atoms with Crippen molar-refractivity contribution in [1.29, 1.82) is 0 Å². The van der Waals surface area contributed by atoms with E-state index in [9.17, 15) is 5.11 Å². The second-order valence-corrected chi connectivity index (χ2v) is 5.99. The number of hydrogen-bond donors (Lipinski definition) is 1. The normalized spacial score (nSPS) is 36.3. The summed E-state index contributed by atoms with van der Waals surface area (Å²) in [5.74, 6) is 2.45. The first-order chi connectivity index (χ1) is 9.24. The van der Waals surface area contributed by atoms with E-state index in [2.05, 4.69) is 17.1 Å². The zero-order valence-electron chi connectivity index (χ0n) is 11.4. The smallest absolute Gasteiger partial charge is 0.234 e. The minimum atomic E-state index is -0.423. The predicted octanol–water partition coefficient (Wildman–Crippen LogP) is 2.23. The molecule has 1 aliphatic heterocycles. The van der Waals surface area contributed by atoms with E-state index in [0.29, 0.717) is 31.4 Å². The summed E-state index contributed by atoms with van der Waals surface area (Å²) in [6, 6.07) is 0. The summed E-state index contributed by atoms with van der Waals surface area (Å²) in [6.45, 7) is 3.39. The molecular weight excluding hydrogens is 244 g/mol. The lowest BCUT2D eigenvalue weighted by Gasteiger charge is -2.25. The van der Waals surface area contributed by atoms with Crippen molar-refractivity contribution < 1.29 is 14.4 Å². The number of aliphatic hydroxyl groups excluding tert-OH is 1. The van der Waals surface area contributed by atoms with E-state index in [1.807, 2.05) is 0 Å². The Balaban J connectivity index is 1.68. The molecule has 5 nitrogen and oxygen atoms in total. The second-order valence-electron chi connectivity index (χ2n) is 5.99. The average Bonchev–Trinajstić information content (AvgIpc) is 2.89. The molecule has 0 spiro atoms. The number of aliphatic hydroxyl groups is 1. The Morgan fingerprint density at radius 3 is 2.68 bits per heavy atom. The van der Waals surface area contributed by atoms with E-state index in [1.54, 1.807) is 0 Å². The van der Waals surface area contributed by atoms with Crippen LogP contribution in [-0.4, -0.2) is 34.6 Å². The molecule has 0 radical (unpaired) electrons. The minimum absolute atomic E-state index is 0.155. The third-order valence-corrected chi connectivity index (χ3v) is 4.48. The van der Waals surface area contributed by atoms with Crippen LogP contribution in [0.5, 0.6) is 0 Å². The molecule has 1 aliphatic carbocycles. The van der Waals surface area contributed by atoms with E-state index in [0.717, 1.165) is 24.6 Å². The summed E-state index contributed by atoms with van der Waals surface area (Å²) in [5, 5.41) is 14.1. The van der Waals surface area contributed by atoms with Crippen molar-refractivity contribution >= 4 is 0 Å². The molecule has 2 heterocycles. The van der Waals surface area contributed by atoms with Gasteiger partial charge in [0.1, 0.15) is 0 Å². The van der Waals surface area contributed by atoms with Crippen LogP contribution in [0.1, 0.15) is 62.6 Å². The lowest BCUT2D eigenvalue weighted by Crippen LogP contribution is -2.30. The first-order valence-corrected chi connectivity index (χ1v) is 7.33. The SMILES string of the molecule is CC1CCC(c2noc(C3COCCC3O)n2)CC1. The molecule has 0 bridgehead atoms. The second kappa shape index (κ2) is 5.59. The van der Waals surface area contributed by atoms with E-state index in [1.165, 1.54) is 12.8 Å². The molecule has 106 valence electrons. The van der Waals surface area contributed by atoms with Gasteiger partial charge in [-0.2, -0.15) is 4.98 Å². The van der Waals surface area contributed by atoms with Crippen LogP contribution >= 0.6 is 0 Å². The van der Waals surface area contributed by atoms with Gasteiger partial charge in [0.2, 0.25) is 5.89 Å². The van der Waals surface area contributed by atoms with Gasteiger partial charge in [-0.25, -0.2) is 0 Å². The quantitative estimate of drug-likeness (QED) is 0.889. The van der Waals surface area contributed by atoms with Crippen molar-refractivity contribution in [3.63, 3.8) is 0 Å². The molecule has 3 rings (SSSR count). The van der Waals surface area contributed by atoms with Crippen molar-refractivity contribution in [2.75, 3.05) is 13.2 Å². The molecule has 0 amide bonds. The topological polar surface area (TPSA) is 68.4 Å². The molecule has 2 atom stereocenters. The van der Waals surface area contributed by atoms with Crippen LogP contribution < -0.4 is 0 Å². The molecule has 1 N–H and O–H groups in total. The molecular formula is C14H22N2O3. The number of rotatable bonds is 2. The molecule has 0 aromatic carbocycles. The van der Waals surface area contributed by atoms with Gasteiger partial charge in [-0.3, -0.25) is 0 Å². The van der Waals surface area contributed by atoms with E-state index >= 15 is 0 Å². The number of aromatic nitrogens is 2. The minimum Gasteiger partial charge on any atom is -0.392 e. The molecule has 2 unspecified atom stereocenters. The monoisotopic (exact) mass is 266 g/mol. The van der Waals surface area contributed by atoms with Gasteiger partial charge in [-0.1, -0.05) is 24.9 Å². The van der Waals surface area contributed by atoms with Crippen molar-refractivity contribution in [3.8, 4) is 0 Å². The summed E-state index contributed by atoms with van der Waals surface area (Å²) in [7, 11) is 0. The standard InChI is InChI=1S/C14H22N2O3/c1-9-2-4-10(5-3-9)13-15-14(19-16-13)11-8-18-7-6-12(11)17/h9-12,17H,2-8H2,1H3. The lowest BCUT2D eigenvalue weighted by atomic mass is 9.83. The maximum Gasteiger partial charge on any atom is 0.234 e. The van der Waals surface area contributed by atoms with E-state index in [-0.39, 0.29) is 5.92 Å². The Morgan fingerprint density at radius 1 is 1.16 bits per heavy atom. The van der Waals surface area contributed by atoms with Gasteiger partial charge in [-0.05, 0) is 25.2 Å². The summed E-state index contributed by atoms with van der Waals surface area (Å²) in [6.07, 6.45) is 4.98. The zero-order valence-corrected chi connectivity index (χ0v) is 11.4. The number of hydrogen-bond acceptors (Lipinski definition) is 5. The summed E-state index contributed by atoms with van der Waals surface area (Å²) in [5.41, 5.74) is 0. The zero-order chi connectivity index (χ0) is 13.2. The fourth-order valence-electron chi connectivity index (χ4n) is 3.04. The Kier molecular flexibility index (Phi) is 3.84. The third-order valence-electron chi connectivity index (χ3n) is 4.48. The van der Waals surface area contributed by atoms with Gasteiger partial charge in [0.25, 0.3) is 0 Å². The highest BCUT2D eigenvalue weighted by Gasteiger charge is 2.32. The Labute approximate surface area is 113 Å². The van der Waals surface area contributed by atoms with E-state index in [4.69, 9.17) is 9.26 Å². The Hall–Kier alpha value is -0.940. The molecule has 1 aromatic heterocycles. The summed E-state index contributed by atoms with van der Waals surface area (Å²) < 4.78 is 10.7. The molecule has 2 fully saturated rings. The highest BCUT2D eigenvalue weighted by Crippen LogP contribution is 2.35. The molecule has 19 heavy (non-hydrogen) atoms. The van der Waals surface area contributed by atoms with Gasteiger partial charge >= 0.3 is 0 Å². The van der Waals surface area contributed by atoms with Gasteiger partial charge in [0.05, 0.1) is 18.6 Å². The average molecular weight is 266 g/mol. The fourth-order valence-corrected chi connectivity index (χ4v) is 3.04. The van der Waals surface area contributed by atoms with Crippen molar-refractivity contribution in [2.24, 2.45) is 5.92 Å². The molecule has 2 aliphatic rings. The van der Waals surface area contributed by atoms with E-state index < -0.39 is 6.10 Å². The third kappa shape index (κ3) is 2.82. The predicted molar refractivity (Wildman–Crippen MR) is 68.9 cm³/mol. The lowest BCUT2D eigenvalue weighted by molar-refractivity contribution is -0.0149. The number of ether oxygens (including phenoxy) is 1. The molecule has 1 saturated carbocycles. The van der Waals surface area contributed by atoms with Crippen LogP contribution in [0, 0.1) is 5.92 Å².